The molecule has 1 N–H and O–H groups in total. The minimum Gasteiger partial charge on any atom is -0.497 e. The second kappa shape index (κ2) is 6.07. The summed E-state index contributed by atoms with van der Waals surface area (Å²) in [6, 6.07) is 5.92. The van der Waals surface area contributed by atoms with E-state index in [1.54, 1.807) is 7.11 Å². The van der Waals surface area contributed by atoms with Gasteiger partial charge in [-0.25, -0.2) is 0 Å². The number of aliphatic hydroxyl groups excluding tert-OH is 1. The molecule has 0 spiro atoms. The van der Waals surface area contributed by atoms with Crippen LogP contribution in [0.1, 0.15) is 31.7 Å². The topological polar surface area (TPSA) is 29.5 Å². The highest BCUT2D eigenvalue weighted by atomic mass is 79.9. The van der Waals surface area contributed by atoms with E-state index in [4.69, 9.17) is 4.74 Å². The predicted octanol–water partition coefficient (Wildman–Crippen LogP) is 3.80. The molecule has 0 heterocycles. The molecule has 18 heavy (non-hydrogen) atoms. The fraction of sp³-hybridized carbons (Fsp3) is 0.600. The highest BCUT2D eigenvalue weighted by Crippen LogP contribution is 2.34. The van der Waals surface area contributed by atoms with E-state index in [2.05, 4.69) is 22.9 Å². The molecule has 3 atom stereocenters. The molecule has 0 bridgehead atoms. The lowest BCUT2D eigenvalue weighted by Gasteiger charge is -2.19. The average molecular weight is 313 g/mol. The number of hydrogen-bond donors (Lipinski definition) is 1. The highest BCUT2D eigenvalue weighted by molar-refractivity contribution is 9.10. The van der Waals surface area contributed by atoms with Gasteiger partial charge in [-0.3, -0.25) is 0 Å². The molecule has 0 aliphatic heterocycles. The molecule has 0 radical (unpaired) electrons. The summed E-state index contributed by atoms with van der Waals surface area (Å²) in [6.45, 7) is 2.27. The molecule has 1 aliphatic rings. The van der Waals surface area contributed by atoms with Crippen LogP contribution in [0.2, 0.25) is 0 Å². The third-order valence-corrected chi connectivity index (χ3v) is 4.74. The predicted molar refractivity (Wildman–Crippen MR) is 76.9 cm³/mol. The van der Waals surface area contributed by atoms with Crippen LogP contribution in [-0.2, 0) is 6.42 Å². The Morgan fingerprint density at radius 1 is 1.44 bits per heavy atom. The van der Waals surface area contributed by atoms with Crippen LogP contribution >= 0.6 is 15.9 Å². The highest BCUT2D eigenvalue weighted by Gasteiger charge is 2.27. The van der Waals surface area contributed by atoms with Crippen LogP contribution in [0.5, 0.6) is 5.75 Å². The van der Waals surface area contributed by atoms with E-state index in [0.29, 0.717) is 12.3 Å². The molecule has 0 saturated heterocycles. The monoisotopic (exact) mass is 312 g/mol. The first-order valence-electron chi connectivity index (χ1n) is 6.60. The fourth-order valence-electron chi connectivity index (χ4n) is 2.83. The van der Waals surface area contributed by atoms with Crippen molar-refractivity contribution in [3.8, 4) is 5.75 Å². The Kier molecular flexibility index (Phi) is 4.68. The third-order valence-electron chi connectivity index (χ3n) is 3.96. The van der Waals surface area contributed by atoms with Crippen LogP contribution < -0.4 is 4.74 Å². The molecule has 1 saturated carbocycles. The maximum absolute atomic E-state index is 10.3. The van der Waals surface area contributed by atoms with Gasteiger partial charge < -0.3 is 9.84 Å². The Morgan fingerprint density at radius 2 is 2.22 bits per heavy atom. The molecule has 1 aromatic rings. The van der Waals surface area contributed by atoms with Crippen molar-refractivity contribution in [3.05, 3.63) is 28.2 Å². The maximum Gasteiger partial charge on any atom is 0.119 e. The lowest BCUT2D eigenvalue weighted by atomic mass is 9.94. The number of rotatable bonds is 4. The first kappa shape index (κ1) is 13.9. The van der Waals surface area contributed by atoms with E-state index in [0.717, 1.165) is 34.5 Å². The SMILES string of the molecule is COc1ccc(Br)c(CC(O)C2CCC(C)C2)c1. The van der Waals surface area contributed by atoms with Gasteiger partial charge in [0, 0.05) is 4.47 Å². The molecule has 0 amide bonds. The van der Waals surface area contributed by atoms with Crippen LogP contribution in [0.3, 0.4) is 0 Å². The largest absolute Gasteiger partial charge is 0.497 e. The zero-order valence-corrected chi connectivity index (χ0v) is 12.6. The minimum atomic E-state index is -0.238. The number of benzene rings is 1. The first-order valence-corrected chi connectivity index (χ1v) is 7.40. The second-order valence-electron chi connectivity index (χ2n) is 5.41. The van der Waals surface area contributed by atoms with Gasteiger partial charge in [0.1, 0.15) is 5.75 Å². The zero-order valence-electron chi connectivity index (χ0n) is 11.0. The van der Waals surface area contributed by atoms with Crippen molar-refractivity contribution in [1.82, 2.24) is 0 Å². The van der Waals surface area contributed by atoms with Crippen molar-refractivity contribution in [1.29, 1.82) is 0 Å². The van der Waals surface area contributed by atoms with Crippen LogP contribution in [0, 0.1) is 11.8 Å². The quantitative estimate of drug-likeness (QED) is 0.916. The van der Waals surface area contributed by atoms with Crippen molar-refractivity contribution >= 4 is 15.9 Å². The summed E-state index contributed by atoms with van der Waals surface area (Å²) < 4.78 is 6.28. The van der Waals surface area contributed by atoms with Gasteiger partial charge in [-0.2, -0.15) is 0 Å². The van der Waals surface area contributed by atoms with Gasteiger partial charge in [-0.15, -0.1) is 0 Å². The van der Waals surface area contributed by atoms with Crippen molar-refractivity contribution < 1.29 is 9.84 Å². The summed E-state index contributed by atoms with van der Waals surface area (Å²) in [4.78, 5) is 0. The minimum absolute atomic E-state index is 0.238. The summed E-state index contributed by atoms with van der Waals surface area (Å²) in [5.74, 6) is 2.07. The van der Waals surface area contributed by atoms with Gasteiger partial charge in [-0.1, -0.05) is 29.3 Å². The zero-order chi connectivity index (χ0) is 13.1. The van der Waals surface area contributed by atoms with E-state index in [1.165, 1.54) is 6.42 Å². The fourth-order valence-corrected chi connectivity index (χ4v) is 3.24. The molecular weight excluding hydrogens is 292 g/mol. The van der Waals surface area contributed by atoms with Gasteiger partial charge >= 0.3 is 0 Å². The Morgan fingerprint density at radius 3 is 2.83 bits per heavy atom. The van der Waals surface area contributed by atoms with Crippen LogP contribution in [0.25, 0.3) is 0 Å². The second-order valence-corrected chi connectivity index (χ2v) is 6.26. The standard InChI is InChI=1S/C15H21BrO2/c1-10-3-4-11(7-10)15(17)9-12-8-13(18-2)5-6-14(12)16/h5-6,8,10-11,15,17H,3-4,7,9H2,1-2H3. The van der Waals surface area contributed by atoms with Crippen molar-refractivity contribution in [2.45, 2.75) is 38.7 Å². The average Bonchev–Trinajstić information content (AvgIpc) is 2.79. The summed E-state index contributed by atoms with van der Waals surface area (Å²) >= 11 is 3.54. The van der Waals surface area contributed by atoms with Gasteiger partial charge in [-0.05, 0) is 54.9 Å². The molecule has 100 valence electrons. The Hall–Kier alpha value is -0.540. The van der Waals surface area contributed by atoms with E-state index < -0.39 is 0 Å². The van der Waals surface area contributed by atoms with Crippen molar-refractivity contribution in [2.24, 2.45) is 11.8 Å². The molecule has 2 rings (SSSR count). The van der Waals surface area contributed by atoms with Gasteiger partial charge in [0.05, 0.1) is 13.2 Å². The molecule has 3 unspecified atom stereocenters. The normalized spacial score (nSPS) is 25.1. The molecule has 1 aliphatic carbocycles. The molecule has 3 heteroatoms. The molecule has 2 nitrogen and oxygen atoms in total. The van der Waals surface area contributed by atoms with Crippen LogP contribution in [0.4, 0.5) is 0 Å². The van der Waals surface area contributed by atoms with Crippen LogP contribution in [0.15, 0.2) is 22.7 Å². The summed E-state index contributed by atoms with van der Waals surface area (Å²) in [5.41, 5.74) is 1.13. The lowest BCUT2D eigenvalue weighted by Crippen LogP contribution is -2.21. The number of halogens is 1. The van der Waals surface area contributed by atoms with E-state index >= 15 is 0 Å². The Labute approximate surface area is 117 Å². The molecule has 1 aromatic carbocycles. The Bertz CT molecular complexity index is 405. The number of hydrogen-bond acceptors (Lipinski definition) is 2. The van der Waals surface area contributed by atoms with E-state index in [9.17, 15) is 5.11 Å². The Balaban J connectivity index is 2.04. The first-order chi connectivity index (χ1) is 8.60. The van der Waals surface area contributed by atoms with E-state index in [-0.39, 0.29) is 6.10 Å². The molecule has 0 aromatic heterocycles. The summed E-state index contributed by atoms with van der Waals surface area (Å²) in [7, 11) is 1.67. The third kappa shape index (κ3) is 3.27. The maximum atomic E-state index is 10.3. The summed E-state index contributed by atoms with van der Waals surface area (Å²) in [5, 5.41) is 10.3. The smallest absolute Gasteiger partial charge is 0.119 e. The van der Waals surface area contributed by atoms with Crippen LogP contribution in [-0.4, -0.2) is 18.3 Å². The van der Waals surface area contributed by atoms with Gasteiger partial charge in [0.2, 0.25) is 0 Å². The van der Waals surface area contributed by atoms with E-state index in [1.807, 2.05) is 18.2 Å². The lowest BCUT2D eigenvalue weighted by molar-refractivity contribution is 0.109. The van der Waals surface area contributed by atoms with Crippen molar-refractivity contribution in [2.75, 3.05) is 7.11 Å². The number of methoxy groups -OCH3 is 1. The number of ether oxygens (including phenoxy) is 1. The van der Waals surface area contributed by atoms with Crippen molar-refractivity contribution in [3.63, 3.8) is 0 Å². The number of aliphatic hydroxyl groups is 1. The summed E-state index contributed by atoms with van der Waals surface area (Å²) in [6.07, 6.45) is 4.03. The molecular formula is C15H21BrO2. The van der Waals surface area contributed by atoms with Gasteiger partial charge in [0.25, 0.3) is 0 Å². The van der Waals surface area contributed by atoms with Gasteiger partial charge in [0.15, 0.2) is 0 Å². The molecule has 1 fully saturated rings.